The summed E-state index contributed by atoms with van der Waals surface area (Å²) in [6.07, 6.45) is -5.08. The highest BCUT2D eigenvalue weighted by atomic mass is 19.4. The summed E-state index contributed by atoms with van der Waals surface area (Å²) in [7, 11) is 0. The second kappa shape index (κ2) is 11.9. The number of pyridine rings is 1. The van der Waals surface area contributed by atoms with Crippen LogP contribution in [0.3, 0.4) is 0 Å². The Morgan fingerprint density at radius 1 is 1.22 bits per heavy atom. The third-order valence-corrected chi connectivity index (χ3v) is 6.13. The number of nitrogens with zero attached hydrogens (tertiary/aromatic N) is 2. The van der Waals surface area contributed by atoms with Gasteiger partial charge in [0.15, 0.2) is 0 Å². The lowest BCUT2D eigenvalue weighted by atomic mass is 9.90. The smallest absolute Gasteiger partial charge is 0.424 e. The highest BCUT2D eigenvalue weighted by Gasteiger charge is 2.56. The van der Waals surface area contributed by atoms with Crippen LogP contribution < -0.4 is 15.0 Å². The van der Waals surface area contributed by atoms with Crippen LogP contribution in [-0.2, 0) is 5.60 Å². The van der Waals surface area contributed by atoms with Gasteiger partial charge in [0, 0.05) is 17.8 Å². The number of carbonyl (C=O) groups is 1. The summed E-state index contributed by atoms with van der Waals surface area (Å²) in [6, 6.07) is 5.78. The van der Waals surface area contributed by atoms with Crippen molar-refractivity contribution in [2.24, 2.45) is 0 Å². The number of rotatable bonds is 7. The molecule has 0 bridgehead atoms. The first kappa shape index (κ1) is 29.4. The molecule has 1 aliphatic rings. The van der Waals surface area contributed by atoms with Gasteiger partial charge >= 0.3 is 6.18 Å². The van der Waals surface area contributed by atoms with E-state index in [1.165, 1.54) is 18.2 Å². The van der Waals surface area contributed by atoms with E-state index in [4.69, 9.17) is 4.74 Å². The van der Waals surface area contributed by atoms with Crippen molar-refractivity contribution in [3.63, 3.8) is 0 Å². The first-order chi connectivity index (χ1) is 16.9. The Morgan fingerprint density at radius 2 is 1.89 bits per heavy atom. The molecule has 10 heteroatoms. The minimum absolute atomic E-state index is 0.0528. The number of aromatic nitrogens is 1. The average molecular weight is 512 g/mol. The maximum Gasteiger partial charge on any atom is 0.424 e. The molecule has 2 heterocycles. The Morgan fingerprint density at radius 3 is 2.47 bits per heavy atom. The number of halogens is 3. The molecule has 0 radical (unpaired) electrons. The summed E-state index contributed by atoms with van der Waals surface area (Å²) in [5.41, 5.74) is -1.36. The number of carbonyl (C=O) groups excluding carboxylic acids is 1. The van der Waals surface area contributed by atoms with Crippen LogP contribution in [0.25, 0.3) is 0 Å². The van der Waals surface area contributed by atoms with E-state index in [1.807, 2.05) is 32.6 Å². The number of alkyl halides is 3. The van der Waals surface area contributed by atoms with Gasteiger partial charge in [-0.25, -0.2) is 0 Å². The molecule has 1 amide bonds. The van der Waals surface area contributed by atoms with Gasteiger partial charge in [-0.05, 0) is 55.2 Å². The molecule has 0 spiro atoms. The number of amides is 1. The van der Waals surface area contributed by atoms with Gasteiger partial charge in [-0.2, -0.15) is 13.2 Å². The van der Waals surface area contributed by atoms with E-state index >= 15 is 0 Å². The third kappa shape index (κ3) is 6.10. The number of ether oxygens (including phenoxy) is 1. The summed E-state index contributed by atoms with van der Waals surface area (Å²) in [4.78, 5) is 18.6. The van der Waals surface area contributed by atoms with Gasteiger partial charge in [0.2, 0.25) is 5.60 Å². The van der Waals surface area contributed by atoms with E-state index in [2.05, 4.69) is 10.3 Å². The van der Waals surface area contributed by atoms with Crippen molar-refractivity contribution in [2.45, 2.75) is 59.2 Å². The first-order valence-electron chi connectivity index (χ1n) is 12.1. The standard InChI is InChI=1S/C24H30F3N3O4.C2H6/c1-14(2)18-12-21(29-16(4)15(18)3)23(33,24(25,26)27)13-28-22(32)17-5-6-19-20(11-17)34-10-8-30(19)7-9-31;1-2/h5-6,11-12,14,31,33H,7-10,13H2,1-4H3,(H,28,32);1-2H3. The number of nitrogens with one attached hydrogen (secondary N) is 1. The van der Waals surface area contributed by atoms with Crippen LogP contribution in [0.4, 0.5) is 18.9 Å². The van der Waals surface area contributed by atoms with Gasteiger partial charge in [0.05, 0.1) is 31.1 Å². The van der Waals surface area contributed by atoms with Gasteiger partial charge < -0.3 is 25.2 Å². The number of aryl methyl sites for hydroxylation is 1. The fraction of sp³-hybridized carbons (Fsp3) is 0.538. The lowest BCUT2D eigenvalue weighted by Gasteiger charge is -2.32. The normalized spacial score (nSPS) is 14.8. The minimum Gasteiger partial charge on any atom is -0.490 e. The molecular formula is C26H36F3N3O4. The summed E-state index contributed by atoms with van der Waals surface area (Å²) in [5, 5.41) is 22.2. The van der Waals surface area contributed by atoms with E-state index in [9.17, 15) is 28.2 Å². The molecule has 1 unspecified atom stereocenters. The van der Waals surface area contributed by atoms with E-state index in [0.29, 0.717) is 42.4 Å². The third-order valence-electron chi connectivity index (χ3n) is 6.13. The van der Waals surface area contributed by atoms with Gasteiger partial charge in [-0.3, -0.25) is 9.78 Å². The van der Waals surface area contributed by atoms with Crippen LogP contribution in [0.15, 0.2) is 24.3 Å². The van der Waals surface area contributed by atoms with Crippen molar-refractivity contribution in [1.82, 2.24) is 10.3 Å². The summed E-state index contributed by atoms with van der Waals surface area (Å²) >= 11 is 0. The summed E-state index contributed by atoms with van der Waals surface area (Å²) in [6.45, 7) is 11.2. The van der Waals surface area contributed by atoms with Crippen LogP contribution in [0, 0.1) is 13.8 Å². The second-order valence-corrected chi connectivity index (χ2v) is 8.74. The van der Waals surface area contributed by atoms with Crippen LogP contribution in [-0.4, -0.2) is 60.1 Å². The molecule has 1 aromatic carbocycles. The Bertz CT molecular complexity index is 1060. The fourth-order valence-corrected chi connectivity index (χ4v) is 3.99. The minimum atomic E-state index is -5.08. The SMILES string of the molecule is CC.Cc1nc(C(O)(CNC(=O)c2ccc3c(c2)OCCN3CCO)C(F)(F)F)cc(C(C)C)c1C. The molecule has 36 heavy (non-hydrogen) atoms. The zero-order valence-corrected chi connectivity index (χ0v) is 21.7. The Hall–Kier alpha value is -2.85. The molecule has 0 saturated carbocycles. The predicted octanol–water partition coefficient (Wildman–Crippen LogP) is 4.22. The summed E-state index contributed by atoms with van der Waals surface area (Å²) < 4.78 is 47.8. The van der Waals surface area contributed by atoms with Crippen LogP contribution >= 0.6 is 0 Å². The van der Waals surface area contributed by atoms with Crippen molar-refractivity contribution >= 4 is 11.6 Å². The van der Waals surface area contributed by atoms with E-state index in [0.717, 1.165) is 5.56 Å². The van der Waals surface area contributed by atoms with E-state index < -0.39 is 29.9 Å². The predicted molar refractivity (Wildman–Crippen MR) is 133 cm³/mol. The molecule has 3 rings (SSSR count). The van der Waals surface area contributed by atoms with Crippen molar-refractivity contribution < 1.29 is 32.9 Å². The number of β-amino-alcohol motifs (C(OH)–C–C–N with tert-alkyl or cyclic N) is 1. The quantitative estimate of drug-likeness (QED) is 0.515. The molecule has 2 aromatic rings. The Balaban J connectivity index is 0.00000222. The molecule has 3 N–H and O–H groups in total. The Kier molecular flexibility index (Phi) is 9.73. The molecule has 200 valence electrons. The lowest BCUT2D eigenvalue weighted by Crippen LogP contribution is -2.51. The second-order valence-electron chi connectivity index (χ2n) is 8.74. The maximum absolute atomic E-state index is 14.1. The number of benzene rings is 1. The maximum atomic E-state index is 14.1. The highest BCUT2D eigenvalue weighted by Crippen LogP contribution is 2.39. The highest BCUT2D eigenvalue weighted by molar-refractivity contribution is 5.95. The molecule has 0 saturated heterocycles. The first-order valence-corrected chi connectivity index (χ1v) is 12.1. The molecular weight excluding hydrogens is 475 g/mol. The number of hydrogen-bond donors (Lipinski definition) is 3. The zero-order valence-electron chi connectivity index (χ0n) is 21.7. The topological polar surface area (TPSA) is 94.9 Å². The van der Waals surface area contributed by atoms with Gasteiger partial charge in [-0.15, -0.1) is 0 Å². The van der Waals surface area contributed by atoms with Crippen LogP contribution in [0.2, 0.25) is 0 Å². The molecule has 7 nitrogen and oxygen atoms in total. The van der Waals surface area contributed by atoms with Crippen molar-refractivity contribution in [1.29, 1.82) is 0 Å². The number of anilines is 1. The Labute approximate surface area is 210 Å². The molecule has 0 aliphatic carbocycles. The number of fused-ring (bicyclic) bond motifs is 1. The van der Waals surface area contributed by atoms with E-state index in [-0.39, 0.29) is 18.1 Å². The molecule has 1 atom stereocenters. The molecule has 0 fully saturated rings. The van der Waals surface area contributed by atoms with Crippen molar-refractivity contribution in [3.8, 4) is 5.75 Å². The monoisotopic (exact) mass is 511 g/mol. The largest absolute Gasteiger partial charge is 0.490 e. The molecule has 1 aromatic heterocycles. The van der Waals surface area contributed by atoms with Crippen molar-refractivity contribution in [3.05, 3.63) is 52.3 Å². The summed E-state index contributed by atoms with van der Waals surface area (Å²) in [5.74, 6) is -0.467. The zero-order chi connectivity index (χ0) is 27.3. The fourth-order valence-electron chi connectivity index (χ4n) is 3.99. The van der Waals surface area contributed by atoms with Crippen molar-refractivity contribution in [2.75, 3.05) is 37.7 Å². The van der Waals surface area contributed by atoms with Crippen LogP contribution in [0.1, 0.15) is 66.5 Å². The number of aliphatic hydroxyl groups excluding tert-OH is 1. The van der Waals surface area contributed by atoms with Gasteiger partial charge in [-0.1, -0.05) is 27.7 Å². The van der Waals surface area contributed by atoms with Gasteiger partial charge in [0.25, 0.3) is 5.91 Å². The average Bonchev–Trinajstić information content (AvgIpc) is 2.84. The van der Waals surface area contributed by atoms with Crippen LogP contribution in [0.5, 0.6) is 5.75 Å². The molecule has 1 aliphatic heterocycles. The van der Waals surface area contributed by atoms with Gasteiger partial charge in [0.1, 0.15) is 12.4 Å². The number of hydrogen-bond acceptors (Lipinski definition) is 6. The lowest BCUT2D eigenvalue weighted by molar-refractivity contribution is -0.265. The van der Waals surface area contributed by atoms with E-state index in [1.54, 1.807) is 19.9 Å². The number of aliphatic hydroxyl groups is 2.